The molecule has 1 heterocycles. The van der Waals surface area contributed by atoms with E-state index in [-0.39, 0.29) is 29.1 Å². The van der Waals surface area contributed by atoms with Crippen molar-refractivity contribution in [3.05, 3.63) is 57.6 Å². The topological polar surface area (TPSA) is 103 Å². The number of hydrogen-bond acceptors (Lipinski definition) is 6. The molecule has 0 spiro atoms. The minimum absolute atomic E-state index is 0.0189. The highest BCUT2D eigenvalue weighted by Crippen LogP contribution is 2.42. The van der Waals surface area contributed by atoms with Crippen molar-refractivity contribution in [2.75, 3.05) is 6.61 Å². The molecule has 0 bridgehead atoms. The number of carbonyl (C=O) groups excluding carboxylic acids is 1. The summed E-state index contributed by atoms with van der Waals surface area (Å²) in [6, 6.07) is 5.61. The molecule has 3 rings (SSSR count). The van der Waals surface area contributed by atoms with Crippen LogP contribution in [0.1, 0.15) is 17.3 Å². The van der Waals surface area contributed by atoms with E-state index in [2.05, 4.69) is 0 Å². The van der Waals surface area contributed by atoms with Gasteiger partial charge in [-0.3, -0.25) is 10.1 Å². The fraction of sp³-hybridized carbons (Fsp3) is 0.118. The summed E-state index contributed by atoms with van der Waals surface area (Å²) in [6.45, 7) is 1.52. The van der Waals surface area contributed by atoms with Gasteiger partial charge in [-0.25, -0.2) is 13.6 Å². The van der Waals surface area contributed by atoms with Crippen LogP contribution in [0.15, 0.2) is 34.7 Å². The maximum atomic E-state index is 14.6. The summed E-state index contributed by atoms with van der Waals surface area (Å²) in [4.78, 5) is 22.3. The van der Waals surface area contributed by atoms with E-state index >= 15 is 0 Å². The first kappa shape index (κ1) is 17.3. The van der Waals surface area contributed by atoms with Crippen LogP contribution in [0.3, 0.4) is 0 Å². The lowest BCUT2D eigenvalue weighted by molar-refractivity contribution is -0.386. The second kappa shape index (κ2) is 6.43. The smallest absolute Gasteiger partial charge is 0.342 e. The van der Waals surface area contributed by atoms with Gasteiger partial charge in [0.2, 0.25) is 5.75 Å². The average molecular weight is 363 g/mol. The number of nitro benzene ring substituents is 1. The van der Waals surface area contributed by atoms with Gasteiger partial charge >= 0.3 is 11.7 Å². The number of aromatic hydroxyl groups is 1. The van der Waals surface area contributed by atoms with Crippen LogP contribution < -0.4 is 0 Å². The number of nitro groups is 1. The van der Waals surface area contributed by atoms with Crippen molar-refractivity contribution >= 4 is 22.6 Å². The quantitative estimate of drug-likeness (QED) is 0.424. The van der Waals surface area contributed by atoms with Gasteiger partial charge in [-0.05, 0) is 31.2 Å². The molecule has 1 aromatic heterocycles. The van der Waals surface area contributed by atoms with Crippen LogP contribution in [-0.2, 0) is 4.74 Å². The third-order valence-corrected chi connectivity index (χ3v) is 3.66. The summed E-state index contributed by atoms with van der Waals surface area (Å²) >= 11 is 0. The van der Waals surface area contributed by atoms with E-state index in [1.54, 1.807) is 0 Å². The van der Waals surface area contributed by atoms with Crippen molar-refractivity contribution in [3.63, 3.8) is 0 Å². The van der Waals surface area contributed by atoms with E-state index in [1.807, 2.05) is 0 Å². The first-order chi connectivity index (χ1) is 12.3. The Morgan fingerprint density at radius 1 is 1.31 bits per heavy atom. The number of halogens is 2. The minimum atomic E-state index is -1.38. The Morgan fingerprint density at radius 2 is 1.96 bits per heavy atom. The number of phenols is 1. The van der Waals surface area contributed by atoms with Gasteiger partial charge in [0.15, 0.2) is 5.82 Å². The number of nitrogens with zero attached hydrogens (tertiary/aromatic N) is 1. The molecular formula is C17H11F2NO6. The number of ether oxygens (including phenoxy) is 1. The van der Waals surface area contributed by atoms with E-state index < -0.39 is 39.4 Å². The van der Waals surface area contributed by atoms with E-state index in [9.17, 15) is 28.8 Å². The van der Waals surface area contributed by atoms with Crippen LogP contribution in [0.5, 0.6) is 5.75 Å². The molecule has 7 nitrogen and oxygen atoms in total. The van der Waals surface area contributed by atoms with Crippen molar-refractivity contribution < 1.29 is 32.8 Å². The Bertz CT molecular complexity index is 1030. The molecule has 0 atom stereocenters. The maximum Gasteiger partial charge on any atom is 0.342 e. The summed E-state index contributed by atoms with van der Waals surface area (Å²) in [6.07, 6.45) is 0. The van der Waals surface area contributed by atoms with Crippen LogP contribution in [0.25, 0.3) is 22.3 Å². The van der Waals surface area contributed by atoms with E-state index in [4.69, 9.17) is 9.15 Å². The van der Waals surface area contributed by atoms with Gasteiger partial charge in [-0.1, -0.05) is 0 Å². The highest BCUT2D eigenvalue weighted by molar-refractivity contribution is 6.10. The predicted molar refractivity (Wildman–Crippen MR) is 85.8 cm³/mol. The summed E-state index contributed by atoms with van der Waals surface area (Å²) in [5, 5.41) is 20.3. The molecule has 26 heavy (non-hydrogen) atoms. The standard InChI is InChI=1S/C17H11F2NO6/c1-2-25-17(22)13-12-11(7-10(20(23)24)15(21)14(12)19)26-16(13)8-3-5-9(18)6-4-8/h3-7,21H,2H2,1H3. The Hall–Kier alpha value is -3.49. The van der Waals surface area contributed by atoms with Crippen LogP contribution >= 0.6 is 0 Å². The van der Waals surface area contributed by atoms with Crippen molar-refractivity contribution in [1.82, 2.24) is 0 Å². The molecule has 0 fully saturated rings. The predicted octanol–water partition coefficient (Wildman–Crippen LogP) is 4.17. The second-order valence-corrected chi connectivity index (χ2v) is 5.22. The third-order valence-electron chi connectivity index (χ3n) is 3.66. The Kier molecular flexibility index (Phi) is 4.29. The van der Waals surface area contributed by atoms with Crippen molar-refractivity contribution in [1.29, 1.82) is 0 Å². The Balaban J connectivity index is 2.38. The van der Waals surface area contributed by atoms with Gasteiger partial charge in [0, 0.05) is 5.56 Å². The molecule has 0 aliphatic rings. The van der Waals surface area contributed by atoms with Crippen molar-refractivity contribution in [2.24, 2.45) is 0 Å². The average Bonchev–Trinajstić information content (AvgIpc) is 2.98. The Morgan fingerprint density at radius 3 is 2.54 bits per heavy atom. The highest BCUT2D eigenvalue weighted by atomic mass is 19.1. The van der Waals surface area contributed by atoms with Crippen LogP contribution in [0, 0.1) is 21.7 Å². The molecule has 1 N–H and O–H groups in total. The molecule has 0 amide bonds. The first-order valence-corrected chi connectivity index (χ1v) is 7.40. The molecule has 9 heteroatoms. The van der Waals surface area contributed by atoms with Crippen LogP contribution in [0.4, 0.5) is 14.5 Å². The largest absolute Gasteiger partial charge is 0.500 e. The molecule has 0 saturated heterocycles. The van der Waals surface area contributed by atoms with E-state index in [0.717, 1.165) is 18.2 Å². The molecule has 3 aromatic rings. The summed E-state index contributed by atoms with van der Waals surface area (Å²) in [7, 11) is 0. The number of fused-ring (bicyclic) bond motifs is 1. The number of furan rings is 1. The Labute approximate surface area is 144 Å². The molecular weight excluding hydrogens is 352 g/mol. The molecule has 0 unspecified atom stereocenters. The minimum Gasteiger partial charge on any atom is -0.500 e. The van der Waals surface area contributed by atoms with E-state index in [0.29, 0.717) is 0 Å². The lowest BCUT2D eigenvalue weighted by atomic mass is 10.0. The number of phenolic OH excluding ortho intramolecular Hbond substituents is 1. The molecule has 0 radical (unpaired) electrons. The third kappa shape index (κ3) is 2.73. The molecule has 0 aliphatic carbocycles. The van der Waals surface area contributed by atoms with Gasteiger partial charge in [-0.15, -0.1) is 0 Å². The SMILES string of the molecule is CCOC(=O)c1c(-c2ccc(F)cc2)oc2cc([N+](=O)[O-])c(O)c(F)c12. The zero-order valence-electron chi connectivity index (χ0n) is 13.3. The van der Waals surface area contributed by atoms with Gasteiger partial charge < -0.3 is 14.3 Å². The summed E-state index contributed by atoms with van der Waals surface area (Å²) in [5.74, 6) is -4.24. The monoisotopic (exact) mass is 363 g/mol. The molecule has 134 valence electrons. The number of esters is 1. The normalized spacial score (nSPS) is 10.9. The van der Waals surface area contributed by atoms with Crippen LogP contribution in [-0.4, -0.2) is 22.6 Å². The highest BCUT2D eigenvalue weighted by Gasteiger charge is 2.31. The lowest BCUT2D eigenvalue weighted by Crippen LogP contribution is -2.06. The van der Waals surface area contributed by atoms with Crippen molar-refractivity contribution in [2.45, 2.75) is 6.92 Å². The summed E-state index contributed by atoms with van der Waals surface area (Å²) in [5.41, 5.74) is -1.36. The number of benzene rings is 2. The molecule has 0 aliphatic heterocycles. The zero-order valence-corrected chi connectivity index (χ0v) is 13.3. The number of rotatable bonds is 4. The lowest BCUT2D eigenvalue weighted by Gasteiger charge is -2.04. The van der Waals surface area contributed by atoms with Crippen LogP contribution in [0.2, 0.25) is 0 Å². The second-order valence-electron chi connectivity index (χ2n) is 5.22. The maximum absolute atomic E-state index is 14.6. The van der Waals surface area contributed by atoms with Crippen molar-refractivity contribution in [3.8, 4) is 17.1 Å². The van der Waals surface area contributed by atoms with Gasteiger partial charge in [0.1, 0.15) is 22.7 Å². The zero-order chi connectivity index (χ0) is 19.0. The summed E-state index contributed by atoms with van der Waals surface area (Å²) < 4.78 is 38.1. The van der Waals surface area contributed by atoms with E-state index in [1.165, 1.54) is 19.1 Å². The number of hydrogen-bond donors (Lipinski definition) is 1. The number of carbonyl (C=O) groups is 1. The fourth-order valence-corrected chi connectivity index (χ4v) is 2.53. The van der Waals surface area contributed by atoms with Gasteiger partial charge in [-0.2, -0.15) is 0 Å². The van der Waals surface area contributed by atoms with Gasteiger partial charge in [0.25, 0.3) is 0 Å². The first-order valence-electron chi connectivity index (χ1n) is 7.40. The molecule has 0 saturated carbocycles. The van der Waals surface area contributed by atoms with Gasteiger partial charge in [0.05, 0.1) is 23.0 Å². The fourth-order valence-electron chi connectivity index (χ4n) is 2.53. The molecule has 2 aromatic carbocycles.